The summed E-state index contributed by atoms with van der Waals surface area (Å²) >= 11 is 0. The van der Waals surface area contributed by atoms with E-state index in [2.05, 4.69) is 25.7 Å². The van der Waals surface area contributed by atoms with Gasteiger partial charge in [-0.3, -0.25) is 4.90 Å². The molecule has 0 atom stereocenters. The molecule has 1 heterocycles. The van der Waals surface area contributed by atoms with E-state index in [0.29, 0.717) is 13.0 Å². The van der Waals surface area contributed by atoms with Gasteiger partial charge in [-0.25, -0.2) is 9.59 Å². The van der Waals surface area contributed by atoms with Crippen molar-refractivity contribution in [2.45, 2.75) is 52.9 Å². The lowest BCUT2D eigenvalue weighted by Gasteiger charge is -2.26. The number of nitrogens with zero attached hydrogens (tertiary/aromatic N) is 1. The van der Waals surface area contributed by atoms with Crippen molar-refractivity contribution >= 4 is 11.9 Å². The standard InChI is InChI=1S/C19H33NO5/c1-19(2,3)8-12-25-18(23)16(15-17(21)22)7-5-4-6-9-20-10-13-24-14-11-20/h15H,4-14H2,1-3H3,(H,21,22)/b16-15+. The Bertz CT molecular complexity index is 447. The van der Waals surface area contributed by atoms with Gasteiger partial charge in [-0.1, -0.05) is 27.2 Å². The minimum atomic E-state index is -1.10. The maximum Gasteiger partial charge on any atom is 0.334 e. The number of carboxylic acids is 1. The molecule has 0 aliphatic carbocycles. The highest BCUT2D eigenvalue weighted by Crippen LogP contribution is 2.19. The predicted molar refractivity (Wildman–Crippen MR) is 96.5 cm³/mol. The fraction of sp³-hybridized carbons (Fsp3) is 0.789. The van der Waals surface area contributed by atoms with Crippen molar-refractivity contribution in [1.82, 2.24) is 4.90 Å². The highest BCUT2D eigenvalue weighted by Gasteiger charge is 2.16. The van der Waals surface area contributed by atoms with Crippen LogP contribution in [0, 0.1) is 5.41 Å². The Balaban J connectivity index is 2.30. The lowest BCUT2D eigenvalue weighted by Crippen LogP contribution is -2.36. The van der Waals surface area contributed by atoms with Crippen LogP contribution in [0.2, 0.25) is 0 Å². The first kappa shape index (κ1) is 21.6. The minimum absolute atomic E-state index is 0.0798. The molecule has 6 nitrogen and oxygen atoms in total. The molecule has 0 amide bonds. The van der Waals surface area contributed by atoms with Gasteiger partial charge in [0.25, 0.3) is 0 Å². The number of carboxylic acid groups (broad SMARTS) is 1. The Morgan fingerprint density at radius 3 is 2.44 bits per heavy atom. The maximum absolute atomic E-state index is 12.1. The Kier molecular flexibility index (Phi) is 9.75. The number of aliphatic carboxylic acids is 1. The van der Waals surface area contributed by atoms with Gasteiger partial charge >= 0.3 is 11.9 Å². The molecule has 0 aromatic heterocycles. The quantitative estimate of drug-likeness (QED) is 0.369. The fourth-order valence-corrected chi connectivity index (χ4v) is 2.58. The van der Waals surface area contributed by atoms with Gasteiger partial charge in [-0.05, 0) is 37.6 Å². The fourth-order valence-electron chi connectivity index (χ4n) is 2.58. The number of carbonyl (C=O) groups is 2. The molecule has 0 bridgehead atoms. The average Bonchev–Trinajstić information content (AvgIpc) is 2.52. The summed E-state index contributed by atoms with van der Waals surface area (Å²) in [6, 6.07) is 0. The van der Waals surface area contributed by atoms with Crippen LogP contribution in [0.25, 0.3) is 0 Å². The number of rotatable bonds is 10. The normalized spacial score (nSPS) is 16.7. The van der Waals surface area contributed by atoms with Crippen LogP contribution >= 0.6 is 0 Å². The van der Waals surface area contributed by atoms with E-state index >= 15 is 0 Å². The van der Waals surface area contributed by atoms with Crippen LogP contribution in [0.4, 0.5) is 0 Å². The lowest BCUT2D eigenvalue weighted by atomic mass is 9.93. The van der Waals surface area contributed by atoms with Crippen molar-refractivity contribution in [3.05, 3.63) is 11.6 Å². The third-order valence-corrected chi connectivity index (χ3v) is 4.17. The second-order valence-corrected chi connectivity index (χ2v) is 7.72. The number of hydrogen-bond donors (Lipinski definition) is 1. The number of ether oxygens (including phenoxy) is 2. The topological polar surface area (TPSA) is 76.1 Å². The Morgan fingerprint density at radius 2 is 1.84 bits per heavy atom. The molecule has 0 aromatic rings. The van der Waals surface area contributed by atoms with Gasteiger partial charge in [-0.15, -0.1) is 0 Å². The highest BCUT2D eigenvalue weighted by molar-refractivity contribution is 5.95. The van der Waals surface area contributed by atoms with Crippen molar-refractivity contribution < 1.29 is 24.2 Å². The zero-order valence-electron chi connectivity index (χ0n) is 15.9. The summed E-state index contributed by atoms with van der Waals surface area (Å²) in [7, 11) is 0. The molecule has 144 valence electrons. The largest absolute Gasteiger partial charge is 0.478 e. The van der Waals surface area contributed by atoms with E-state index in [0.717, 1.165) is 64.6 Å². The van der Waals surface area contributed by atoms with Crippen molar-refractivity contribution in [3.63, 3.8) is 0 Å². The molecular formula is C19H33NO5. The molecule has 1 N–H and O–H groups in total. The first-order chi connectivity index (χ1) is 11.8. The maximum atomic E-state index is 12.1. The summed E-state index contributed by atoms with van der Waals surface area (Å²) in [5, 5.41) is 8.96. The van der Waals surface area contributed by atoms with E-state index in [9.17, 15) is 9.59 Å². The van der Waals surface area contributed by atoms with Crippen LogP contribution in [-0.2, 0) is 19.1 Å². The Morgan fingerprint density at radius 1 is 1.16 bits per heavy atom. The third kappa shape index (κ3) is 10.9. The van der Waals surface area contributed by atoms with Gasteiger partial charge in [-0.2, -0.15) is 0 Å². The van der Waals surface area contributed by atoms with Crippen LogP contribution in [0.5, 0.6) is 0 Å². The third-order valence-electron chi connectivity index (χ3n) is 4.17. The van der Waals surface area contributed by atoms with Gasteiger partial charge < -0.3 is 14.6 Å². The first-order valence-corrected chi connectivity index (χ1v) is 9.19. The van der Waals surface area contributed by atoms with E-state index < -0.39 is 11.9 Å². The second-order valence-electron chi connectivity index (χ2n) is 7.72. The number of esters is 1. The molecule has 0 saturated carbocycles. The Hall–Kier alpha value is -1.40. The van der Waals surface area contributed by atoms with Crippen molar-refractivity contribution in [2.75, 3.05) is 39.5 Å². The molecule has 1 saturated heterocycles. The molecule has 1 fully saturated rings. The zero-order chi connectivity index (χ0) is 18.7. The smallest absolute Gasteiger partial charge is 0.334 e. The summed E-state index contributed by atoms with van der Waals surface area (Å²) in [4.78, 5) is 25.4. The molecule has 1 rings (SSSR count). The summed E-state index contributed by atoms with van der Waals surface area (Å²) in [5.74, 6) is -1.60. The number of carbonyl (C=O) groups excluding carboxylic acids is 1. The molecule has 1 aliphatic rings. The highest BCUT2D eigenvalue weighted by atomic mass is 16.5. The molecule has 0 aromatic carbocycles. The molecule has 25 heavy (non-hydrogen) atoms. The molecular weight excluding hydrogens is 322 g/mol. The predicted octanol–water partition coefficient (Wildman–Crippen LogP) is 2.87. The van der Waals surface area contributed by atoms with Crippen LogP contribution < -0.4 is 0 Å². The summed E-state index contributed by atoms with van der Waals surface area (Å²) in [6.07, 6.45) is 4.98. The van der Waals surface area contributed by atoms with E-state index in [-0.39, 0.29) is 11.0 Å². The van der Waals surface area contributed by atoms with Crippen molar-refractivity contribution in [3.8, 4) is 0 Å². The summed E-state index contributed by atoms with van der Waals surface area (Å²) in [5.41, 5.74) is 0.337. The number of unbranched alkanes of at least 4 members (excludes halogenated alkanes) is 2. The van der Waals surface area contributed by atoms with Gasteiger partial charge in [0.05, 0.1) is 19.8 Å². The van der Waals surface area contributed by atoms with Crippen LogP contribution in [0.3, 0.4) is 0 Å². The minimum Gasteiger partial charge on any atom is -0.478 e. The molecule has 6 heteroatoms. The van der Waals surface area contributed by atoms with Crippen molar-refractivity contribution in [1.29, 1.82) is 0 Å². The van der Waals surface area contributed by atoms with Gasteiger partial charge in [0.1, 0.15) is 0 Å². The van der Waals surface area contributed by atoms with Crippen LogP contribution in [-0.4, -0.2) is 61.4 Å². The van der Waals surface area contributed by atoms with Crippen LogP contribution in [0.1, 0.15) is 52.9 Å². The van der Waals surface area contributed by atoms with Gasteiger partial charge in [0, 0.05) is 24.7 Å². The molecule has 0 radical (unpaired) electrons. The summed E-state index contributed by atoms with van der Waals surface area (Å²) in [6.45, 7) is 11.1. The van der Waals surface area contributed by atoms with E-state index in [1.165, 1.54) is 0 Å². The molecule has 0 spiro atoms. The van der Waals surface area contributed by atoms with Gasteiger partial charge in [0.15, 0.2) is 0 Å². The monoisotopic (exact) mass is 355 g/mol. The SMILES string of the molecule is CC(C)(C)CCOC(=O)/C(=C/C(=O)O)CCCCCN1CCOCC1. The average molecular weight is 355 g/mol. The Labute approximate surface area is 151 Å². The van der Waals surface area contributed by atoms with E-state index in [1.54, 1.807) is 0 Å². The van der Waals surface area contributed by atoms with E-state index in [4.69, 9.17) is 14.6 Å². The molecule has 0 unspecified atom stereocenters. The van der Waals surface area contributed by atoms with E-state index in [1.807, 2.05) is 0 Å². The zero-order valence-corrected chi connectivity index (χ0v) is 15.9. The second kappa shape index (κ2) is 11.3. The summed E-state index contributed by atoms with van der Waals surface area (Å²) < 4.78 is 10.6. The number of hydrogen-bond acceptors (Lipinski definition) is 5. The number of morpholine rings is 1. The first-order valence-electron chi connectivity index (χ1n) is 9.19. The van der Waals surface area contributed by atoms with Crippen LogP contribution in [0.15, 0.2) is 11.6 Å². The molecule has 1 aliphatic heterocycles. The van der Waals surface area contributed by atoms with Crippen molar-refractivity contribution in [2.24, 2.45) is 5.41 Å². The van der Waals surface area contributed by atoms with Gasteiger partial charge in [0.2, 0.25) is 0 Å². The lowest BCUT2D eigenvalue weighted by molar-refractivity contribution is -0.140.